The van der Waals surface area contributed by atoms with Crippen molar-refractivity contribution < 1.29 is 14.3 Å². The van der Waals surface area contributed by atoms with Crippen molar-refractivity contribution in [2.75, 3.05) is 18.2 Å². The molecule has 1 amide bonds. The van der Waals surface area contributed by atoms with Gasteiger partial charge in [-0.3, -0.25) is 4.79 Å². The van der Waals surface area contributed by atoms with E-state index in [1.807, 2.05) is 73.1 Å². The highest BCUT2D eigenvalue weighted by atomic mass is 16.5. The third-order valence-corrected chi connectivity index (χ3v) is 6.30. The quantitative estimate of drug-likeness (QED) is 0.245. The zero-order valence-corrected chi connectivity index (χ0v) is 21.9. The molecule has 0 unspecified atom stereocenters. The topological polar surface area (TPSA) is 117 Å². The number of nitrogens with two attached hydrogens (primary N) is 1. The molecule has 0 saturated heterocycles. The lowest BCUT2D eigenvalue weighted by molar-refractivity contribution is -0.115. The van der Waals surface area contributed by atoms with Crippen LogP contribution in [-0.2, 0) is 11.8 Å². The van der Waals surface area contributed by atoms with Crippen LogP contribution in [0.2, 0.25) is 0 Å². The molecule has 0 saturated carbocycles. The van der Waals surface area contributed by atoms with Gasteiger partial charge < -0.3 is 25.1 Å². The highest BCUT2D eigenvalue weighted by molar-refractivity contribution is 6.08. The first kappa shape index (κ1) is 25.5. The maximum absolute atomic E-state index is 12.0. The molecule has 3 aromatic heterocycles. The van der Waals surface area contributed by atoms with E-state index in [2.05, 4.69) is 26.8 Å². The summed E-state index contributed by atoms with van der Waals surface area (Å²) in [5.74, 6) is 1.79. The Hall–Kier alpha value is -5.18. The number of nitrogen functional groups attached to an aromatic ring is 1. The Balaban J connectivity index is 1.62. The lowest BCUT2D eigenvalue weighted by Crippen LogP contribution is -2.09. The summed E-state index contributed by atoms with van der Waals surface area (Å²) in [5, 5.41) is 3.60. The summed E-state index contributed by atoms with van der Waals surface area (Å²) in [5.41, 5.74) is 12.1. The van der Waals surface area contributed by atoms with Crippen LogP contribution in [0.3, 0.4) is 0 Å². The first-order valence-electron chi connectivity index (χ1n) is 12.3. The number of aromatic nitrogens is 4. The van der Waals surface area contributed by atoms with Gasteiger partial charge in [0.15, 0.2) is 11.5 Å². The number of benzene rings is 2. The standard InChI is InChI=1S/C30H28N6O3/c1-5-7-24(37)35-21-13-10-19(11-14-21)28-26(27-29(31)32-17-33-30(27)36(28)3)20-12-15-22(23(16-20)38-4)39-25-9-6-8-18(2)34-25/h5-6,8-17H,1,7H2,2-4H3,(H,35,37)(H2,31,32,33). The molecule has 196 valence electrons. The number of nitrogens with one attached hydrogen (secondary N) is 1. The third-order valence-electron chi connectivity index (χ3n) is 6.30. The van der Waals surface area contributed by atoms with Gasteiger partial charge in [-0.25, -0.2) is 15.0 Å². The van der Waals surface area contributed by atoms with Crippen LogP contribution in [0.5, 0.6) is 17.4 Å². The number of methoxy groups -OCH3 is 1. The third kappa shape index (κ3) is 5.02. The summed E-state index contributed by atoms with van der Waals surface area (Å²) >= 11 is 0. The number of ether oxygens (including phenoxy) is 2. The second-order valence-corrected chi connectivity index (χ2v) is 8.94. The highest BCUT2D eigenvalue weighted by Crippen LogP contribution is 2.44. The van der Waals surface area contributed by atoms with Gasteiger partial charge in [0.25, 0.3) is 0 Å². The number of pyridine rings is 1. The molecule has 0 aliphatic rings. The van der Waals surface area contributed by atoms with Crippen LogP contribution in [0.15, 0.2) is 79.6 Å². The van der Waals surface area contributed by atoms with Crippen LogP contribution >= 0.6 is 0 Å². The molecular weight excluding hydrogens is 492 g/mol. The Morgan fingerprint density at radius 1 is 1.08 bits per heavy atom. The van der Waals surface area contributed by atoms with Gasteiger partial charge in [-0.1, -0.05) is 30.3 Å². The summed E-state index contributed by atoms with van der Waals surface area (Å²) in [4.78, 5) is 25.2. The van der Waals surface area contributed by atoms with Crippen molar-refractivity contribution in [2.24, 2.45) is 7.05 Å². The highest BCUT2D eigenvalue weighted by Gasteiger charge is 2.23. The Bertz CT molecular complexity index is 1690. The number of rotatable bonds is 8. The fourth-order valence-electron chi connectivity index (χ4n) is 4.54. The summed E-state index contributed by atoms with van der Waals surface area (Å²) in [6, 6.07) is 18.9. The Morgan fingerprint density at radius 3 is 2.56 bits per heavy atom. The van der Waals surface area contributed by atoms with Crippen molar-refractivity contribution in [2.45, 2.75) is 13.3 Å². The summed E-state index contributed by atoms with van der Waals surface area (Å²) < 4.78 is 13.7. The SMILES string of the molecule is C=CCC(=O)Nc1ccc(-c2c(-c3ccc(Oc4cccc(C)n4)c(OC)c3)c3c(N)ncnc3n2C)cc1. The molecule has 0 bridgehead atoms. The molecular formula is C30H28N6O3. The molecule has 2 aromatic carbocycles. The van der Waals surface area contributed by atoms with Gasteiger partial charge in [-0.15, -0.1) is 6.58 Å². The minimum Gasteiger partial charge on any atom is -0.493 e. The number of anilines is 2. The predicted octanol–water partition coefficient (Wildman–Crippen LogP) is 5.90. The lowest BCUT2D eigenvalue weighted by atomic mass is 9.98. The van der Waals surface area contributed by atoms with E-state index >= 15 is 0 Å². The average molecular weight is 521 g/mol. The van der Waals surface area contributed by atoms with Gasteiger partial charge in [0.1, 0.15) is 17.8 Å². The van der Waals surface area contributed by atoms with Crippen LogP contribution in [0.1, 0.15) is 12.1 Å². The number of amides is 1. The molecule has 0 aliphatic carbocycles. The normalized spacial score (nSPS) is 10.8. The molecule has 0 atom stereocenters. The molecule has 0 aliphatic heterocycles. The average Bonchev–Trinajstić information content (AvgIpc) is 3.23. The van der Waals surface area contributed by atoms with E-state index in [4.69, 9.17) is 15.2 Å². The molecule has 9 nitrogen and oxygen atoms in total. The van der Waals surface area contributed by atoms with Crippen LogP contribution in [-0.4, -0.2) is 32.5 Å². The molecule has 39 heavy (non-hydrogen) atoms. The molecule has 0 spiro atoms. The van der Waals surface area contributed by atoms with Crippen molar-refractivity contribution in [1.82, 2.24) is 19.5 Å². The first-order valence-corrected chi connectivity index (χ1v) is 12.3. The zero-order valence-electron chi connectivity index (χ0n) is 21.9. The smallest absolute Gasteiger partial charge is 0.228 e. The number of nitrogens with zero attached hydrogens (tertiary/aromatic N) is 4. The van der Waals surface area contributed by atoms with E-state index in [0.717, 1.165) is 33.5 Å². The fraction of sp³-hybridized carbons (Fsp3) is 0.133. The first-order chi connectivity index (χ1) is 18.9. The number of hydrogen-bond donors (Lipinski definition) is 2. The van der Waals surface area contributed by atoms with Crippen molar-refractivity contribution in [1.29, 1.82) is 0 Å². The zero-order chi connectivity index (χ0) is 27.5. The number of carbonyl (C=O) groups excluding carboxylic acids is 1. The molecule has 0 fully saturated rings. The minimum atomic E-state index is -0.124. The molecule has 0 radical (unpaired) electrons. The molecule has 3 N–H and O–H groups in total. The van der Waals surface area contributed by atoms with E-state index in [1.54, 1.807) is 19.3 Å². The van der Waals surface area contributed by atoms with Crippen molar-refractivity contribution in [3.63, 3.8) is 0 Å². The van der Waals surface area contributed by atoms with Gasteiger partial charge in [-0.2, -0.15) is 0 Å². The molecule has 5 rings (SSSR count). The van der Waals surface area contributed by atoms with Crippen LogP contribution in [0.4, 0.5) is 11.5 Å². The molecule has 9 heteroatoms. The maximum Gasteiger partial charge on any atom is 0.228 e. The lowest BCUT2D eigenvalue weighted by Gasteiger charge is -2.14. The monoisotopic (exact) mass is 520 g/mol. The van der Waals surface area contributed by atoms with E-state index in [9.17, 15) is 4.79 Å². The van der Waals surface area contributed by atoms with E-state index in [1.165, 1.54) is 6.33 Å². The largest absolute Gasteiger partial charge is 0.493 e. The summed E-state index contributed by atoms with van der Waals surface area (Å²) in [7, 11) is 3.53. The summed E-state index contributed by atoms with van der Waals surface area (Å²) in [6.45, 7) is 5.52. The van der Waals surface area contributed by atoms with Crippen LogP contribution in [0, 0.1) is 6.92 Å². The van der Waals surface area contributed by atoms with Crippen molar-refractivity contribution in [3.8, 4) is 39.8 Å². The minimum absolute atomic E-state index is 0.124. The van der Waals surface area contributed by atoms with E-state index in [-0.39, 0.29) is 12.3 Å². The molecule has 3 heterocycles. The Labute approximate surface area is 226 Å². The van der Waals surface area contributed by atoms with Gasteiger partial charge in [0, 0.05) is 36.5 Å². The van der Waals surface area contributed by atoms with Gasteiger partial charge in [0.05, 0.1) is 18.2 Å². The van der Waals surface area contributed by atoms with Gasteiger partial charge in [-0.05, 0) is 48.4 Å². The van der Waals surface area contributed by atoms with Crippen molar-refractivity contribution in [3.05, 3.63) is 85.3 Å². The predicted molar refractivity (Wildman–Crippen MR) is 153 cm³/mol. The maximum atomic E-state index is 12.0. The van der Waals surface area contributed by atoms with Crippen molar-refractivity contribution >= 4 is 28.4 Å². The Morgan fingerprint density at radius 2 is 1.85 bits per heavy atom. The van der Waals surface area contributed by atoms with Gasteiger partial charge >= 0.3 is 0 Å². The summed E-state index contributed by atoms with van der Waals surface area (Å²) in [6.07, 6.45) is 3.27. The second-order valence-electron chi connectivity index (χ2n) is 8.94. The van der Waals surface area contributed by atoms with E-state index < -0.39 is 0 Å². The van der Waals surface area contributed by atoms with Crippen LogP contribution in [0.25, 0.3) is 33.4 Å². The Kier molecular flexibility index (Phi) is 6.96. The van der Waals surface area contributed by atoms with E-state index in [0.29, 0.717) is 34.5 Å². The number of fused-ring (bicyclic) bond motifs is 1. The number of aryl methyl sites for hydroxylation is 2. The second kappa shape index (κ2) is 10.7. The number of carbonyl (C=O) groups is 1. The number of hydrogen-bond acceptors (Lipinski definition) is 7. The van der Waals surface area contributed by atoms with Gasteiger partial charge in [0.2, 0.25) is 11.8 Å². The fourth-order valence-corrected chi connectivity index (χ4v) is 4.54. The molecule has 5 aromatic rings. The van der Waals surface area contributed by atoms with Crippen LogP contribution < -0.4 is 20.5 Å².